The first kappa shape index (κ1) is 15.8. The minimum atomic E-state index is -0.169. The summed E-state index contributed by atoms with van der Waals surface area (Å²) in [5, 5.41) is 6.78. The van der Waals surface area contributed by atoms with Crippen LogP contribution < -0.4 is 10.6 Å². The average Bonchev–Trinajstić information content (AvgIpc) is 2.88. The SMILES string of the molecule is O=C1Cc2cc(C(=O)NCCc3ccc(Cl)cc3Cl)ccc2N1. The summed E-state index contributed by atoms with van der Waals surface area (Å²) in [6.45, 7) is 0.467. The zero-order valence-electron chi connectivity index (χ0n) is 12.2. The van der Waals surface area contributed by atoms with Gasteiger partial charge in [0.25, 0.3) is 5.91 Å². The predicted octanol–water partition coefficient (Wildman–Crippen LogP) is 3.46. The normalized spacial score (nSPS) is 12.7. The molecule has 1 aliphatic rings. The van der Waals surface area contributed by atoms with Crippen LogP contribution in [0.2, 0.25) is 10.0 Å². The van der Waals surface area contributed by atoms with Crippen LogP contribution in [0.1, 0.15) is 21.5 Å². The Hall–Kier alpha value is -2.04. The van der Waals surface area contributed by atoms with Crippen LogP contribution in [0.15, 0.2) is 36.4 Å². The predicted molar refractivity (Wildman–Crippen MR) is 91.3 cm³/mol. The number of carbonyl (C=O) groups is 2. The van der Waals surface area contributed by atoms with Crippen LogP contribution in [0.3, 0.4) is 0 Å². The third kappa shape index (κ3) is 3.66. The zero-order valence-corrected chi connectivity index (χ0v) is 13.7. The summed E-state index contributed by atoms with van der Waals surface area (Å²) in [6, 6.07) is 10.5. The van der Waals surface area contributed by atoms with Gasteiger partial charge in [0.1, 0.15) is 0 Å². The van der Waals surface area contributed by atoms with E-state index in [1.807, 2.05) is 6.07 Å². The molecule has 1 heterocycles. The van der Waals surface area contributed by atoms with Gasteiger partial charge in [0.05, 0.1) is 6.42 Å². The van der Waals surface area contributed by atoms with E-state index in [4.69, 9.17) is 23.2 Å². The summed E-state index contributed by atoms with van der Waals surface area (Å²) in [4.78, 5) is 23.5. The molecule has 0 aliphatic carbocycles. The van der Waals surface area contributed by atoms with Gasteiger partial charge in [0.2, 0.25) is 5.91 Å². The van der Waals surface area contributed by atoms with Crippen molar-refractivity contribution in [2.45, 2.75) is 12.8 Å². The largest absolute Gasteiger partial charge is 0.352 e. The van der Waals surface area contributed by atoms with Gasteiger partial charge in [-0.15, -0.1) is 0 Å². The Labute approximate surface area is 143 Å². The molecule has 0 saturated heterocycles. The van der Waals surface area contributed by atoms with Crippen molar-refractivity contribution >= 4 is 40.7 Å². The zero-order chi connectivity index (χ0) is 16.4. The number of amides is 2. The number of nitrogens with one attached hydrogen (secondary N) is 2. The van der Waals surface area contributed by atoms with Gasteiger partial charge in [-0.2, -0.15) is 0 Å². The van der Waals surface area contributed by atoms with Crippen molar-refractivity contribution in [2.24, 2.45) is 0 Å². The van der Waals surface area contributed by atoms with Gasteiger partial charge < -0.3 is 10.6 Å². The van der Waals surface area contributed by atoms with Crippen LogP contribution in [0.4, 0.5) is 5.69 Å². The Balaban J connectivity index is 1.60. The molecule has 6 heteroatoms. The Kier molecular flexibility index (Phi) is 4.55. The number of hydrogen-bond acceptors (Lipinski definition) is 2. The van der Waals surface area contributed by atoms with Crippen molar-refractivity contribution in [1.29, 1.82) is 0 Å². The molecule has 2 N–H and O–H groups in total. The molecule has 23 heavy (non-hydrogen) atoms. The fourth-order valence-electron chi connectivity index (χ4n) is 2.51. The molecule has 2 aromatic carbocycles. The summed E-state index contributed by atoms with van der Waals surface area (Å²) < 4.78 is 0. The molecule has 1 aliphatic heterocycles. The molecular formula is C17H14Cl2N2O2. The van der Waals surface area contributed by atoms with Crippen molar-refractivity contribution in [3.05, 3.63) is 63.1 Å². The first-order chi connectivity index (χ1) is 11.0. The van der Waals surface area contributed by atoms with Crippen LogP contribution in [0.5, 0.6) is 0 Å². The van der Waals surface area contributed by atoms with Crippen LogP contribution >= 0.6 is 23.2 Å². The molecule has 0 saturated carbocycles. The van der Waals surface area contributed by atoms with Crippen molar-refractivity contribution in [3.8, 4) is 0 Å². The molecular weight excluding hydrogens is 335 g/mol. The molecule has 2 amide bonds. The second-order valence-corrected chi connectivity index (χ2v) is 6.18. The highest BCUT2D eigenvalue weighted by Gasteiger charge is 2.19. The summed E-state index contributed by atoms with van der Waals surface area (Å²) in [5.41, 5.74) is 3.10. The quantitative estimate of drug-likeness (QED) is 0.888. The van der Waals surface area contributed by atoms with Crippen molar-refractivity contribution in [2.75, 3.05) is 11.9 Å². The molecule has 118 valence electrons. The lowest BCUT2D eigenvalue weighted by Gasteiger charge is -2.08. The number of carbonyl (C=O) groups excluding carboxylic acids is 2. The second-order valence-electron chi connectivity index (χ2n) is 5.34. The van der Waals surface area contributed by atoms with E-state index in [1.165, 1.54) is 0 Å². The van der Waals surface area contributed by atoms with Gasteiger partial charge in [0, 0.05) is 27.8 Å². The van der Waals surface area contributed by atoms with Gasteiger partial charge >= 0.3 is 0 Å². The van der Waals surface area contributed by atoms with Crippen LogP contribution in [0.25, 0.3) is 0 Å². The van der Waals surface area contributed by atoms with Crippen LogP contribution in [-0.2, 0) is 17.6 Å². The molecule has 0 spiro atoms. The molecule has 4 nitrogen and oxygen atoms in total. The van der Waals surface area contributed by atoms with Gasteiger partial charge in [-0.3, -0.25) is 9.59 Å². The fourth-order valence-corrected chi connectivity index (χ4v) is 3.01. The van der Waals surface area contributed by atoms with E-state index >= 15 is 0 Å². The number of hydrogen-bond donors (Lipinski definition) is 2. The lowest BCUT2D eigenvalue weighted by molar-refractivity contribution is -0.115. The van der Waals surface area contributed by atoms with Crippen LogP contribution in [0, 0.1) is 0 Å². The summed E-state index contributed by atoms with van der Waals surface area (Å²) >= 11 is 12.0. The topological polar surface area (TPSA) is 58.2 Å². The third-order valence-corrected chi connectivity index (χ3v) is 4.27. The Morgan fingerprint density at radius 2 is 2.00 bits per heavy atom. The number of anilines is 1. The van der Waals surface area contributed by atoms with Gasteiger partial charge in [0.15, 0.2) is 0 Å². The lowest BCUT2D eigenvalue weighted by Crippen LogP contribution is -2.25. The monoisotopic (exact) mass is 348 g/mol. The molecule has 0 fully saturated rings. The van der Waals surface area contributed by atoms with Crippen molar-refractivity contribution < 1.29 is 9.59 Å². The number of fused-ring (bicyclic) bond motifs is 1. The van der Waals surface area contributed by atoms with E-state index < -0.39 is 0 Å². The van der Waals surface area contributed by atoms with E-state index in [0.717, 1.165) is 16.8 Å². The molecule has 3 rings (SSSR count). The van der Waals surface area contributed by atoms with E-state index in [1.54, 1.807) is 30.3 Å². The van der Waals surface area contributed by atoms with Gasteiger partial charge in [-0.1, -0.05) is 29.3 Å². The molecule has 2 aromatic rings. The van der Waals surface area contributed by atoms with E-state index in [9.17, 15) is 9.59 Å². The van der Waals surface area contributed by atoms with Crippen LogP contribution in [-0.4, -0.2) is 18.4 Å². The maximum absolute atomic E-state index is 12.2. The highest BCUT2D eigenvalue weighted by molar-refractivity contribution is 6.35. The van der Waals surface area contributed by atoms with Crippen molar-refractivity contribution in [1.82, 2.24) is 5.32 Å². The third-order valence-electron chi connectivity index (χ3n) is 3.69. The number of benzene rings is 2. The first-order valence-corrected chi connectivity index (χ1v) is 7.93. The number of rotatable bonds is 4. The van der Waals surface area contributed by atoms with E-state index in [2.05, 4.69) is 10.6 Å². The van der Waals surface area contributed by atoms with E-state index in [0.29, 0.717) is 35.0 Å². The molecule has 0 atom stereocenters. The standard InChI is InChI=1S/C17H14Cl2N2O2/c18-13-3-1-10(14(19)9-13)5-6-20-17(23)11-2-4-15-12(7-11)8-16(22)21-15/h1-4,7,9H,5-6,8H2,(H,20,23)(H,21,22). The maximum atomic E-state index is 12.2. The molecule has 0 radical (unpaired) electrons. The molecule has 0 bridgehead atoms. The summed E-state index contributed by atoms with van der Waals surface area (Å²) in [7, 11) is 0. The van der Waals surface area contributed by atoms with Gasteiger partial charge in [-0.25, -0.2) is 0 Å². The summed E-state index contributed by atoms with van der Waals surface area (Å²) in [6.07, 6.45) is 0.934. The highest BCUT2D eigenvalue weighted by atomic mass is 35.5. The Morgan fingerprint density at radius 1 is 1.17 bits per heavy atom. The average molecular weight is 349 g/mol. The van der Waals surface area contributed by atoms with Gasteiger partial charge in [-0.05, 0) is 47.9 Å². The summed E-state index contributed by atoms with van der Waals surface area (Å²) in [5.74, 6) is -0.216. The minimum Gasteiger partial charge on any atom is -0.352 e. The first-order valence-electron chi connectivity index (χ1n) is 7.18. The maximum Gasteiger partial charge on any atom is 0.251 e. The molecule has 0 unspecified atom stereocenters. The highest BCUT2D eigenvalue weighted by Crippen LogP contribution is 2.24. The Bertz CT molecular complexity index is 790. The second kappa shape index (κ2) is 6.60. The van der Waals surface area contributed by atoms with Crippen molar-refractivity contribution in [3.63, 3.8) is 0 Å². The number of halogens is 2. The fraction of sp³-hybridized carbons (Fsp3) is 0.176. The smallest absolute Gasteiger partial charge is 0.251 e. The Morgan fingerprint density at radius 3 is 2.78 bits per heavy atom. The van der Waals surface area contributed by atoms with E-state index in [-0.39, 0.29) is 11.8 Å². The molecule has 0 aromatic heterocycles. The minimum absolute atomic E-state index is 0.0464. The lowest BCUT2D eigenvalue weighted by atomic mass is 10.1.